The largest absolute Gasteiger partial charge is 0.383 e. The molecule has 1 amide bonds. The molecule has 0 saturated heterocycles. The molecule has 0 unspecified atom stereocenters. The van der Waals surface area contributed by atoms with Gasteiger partial charge in [-0.15, -0.1) is 0 Å². The van der Waals surface area contributed by atoms with Crippen LogP contribution in [0.3, 0.4) is 0 Å². The van der Waals surface area contributed by atoms with Crippen LogP contribution in [0.1, 0.15) is 35.3 Å². The van der Waals surface area contributed by atoms with Gasteiger partial charge in [-0.3, -0.25) is 19.1 Å². The number of aromatic nitrogens is 2. The number of benzene rings is 2. The molecule has 8 heteroatoms. The summed E-state index contributed by atoms with van der Waals surface area (Å²) in [7, 11) is 0. The fraction of sp³-hybridized carbons (Fsp3) is 0.261. The number of halogens is 1. The van der Waals surface area contributed by atoms with Gasteiger partial charge in [0.15, 0.2) is 5.69 Å². The van der Waals surface area contributed by atoms with Gasteiger partial charge in [0.2, 0.25) is 0 Å². The van der Waals surface area contributed by atoms with Crippen molar-refractivity contribution in [1.82, 2.24) is 9.55 Å². The van der Waals surface area contributed by atoms with Crippen LogP contribution in [0, 0.1) is 18.7 Å². The van der Waals surface area contributed by atoms with Crippen molar-refractivity contribution < 1.29 is 9.18 Å². The quantitative estimate of drug-likeness (QED) is 0.635. The van der Waals surface area contributed by atoms with Gasteiger partial charge >= 0.3 is 5.69 Å². The van der Waals surface area contributed by atoms with Crippen LogP contribution < -0.4 is 21.9 Å². The second-order valence-electron chi connectivity index (χ2n) is 7.84. The molecule has 0 spiro atoms. The van der Waals surface area contributed by atoms with Crippen LogP contribution in [0.2, 0.25) is 0 Å². The average molecular weight is 424 g/mol. The summed E-state index contributed by atoms with van der Waals surface area (Å²) in [6.45, 7) is 5.63. The van der Waals surface area contributed by atoms with Crippen molar-refractivity contribution in [3.63, 3.8) is 0 Å². The second-order valence-corrected chi connectivity index (χ2v) is 7.84. The lowest BCUT2D eigenvalue weighted by Gasteiger charge is -2.26. The van der Waals surface area contributed by atoms with Crippen molar-refractivity contribution >= 4 is 17.4 Å². The number of hydrogen-bond donors (Lipinski definition) is 2. The molecular weight excluding hydrogens is 399 g/mol. The van der Waals surface area contributed by atoms with Crippen molar-refractivity contribution in [3.05, 3.63) is 91.9 Å². The molecule has 3 aromatic rings. The Bertz CT molecular complexity index is 1220. The lowest BCUT2D eigenvalue weighted by atomic mass is 10.1. The molecule has 7 nitrogen and oxygen atoms in total. The first-order valence-electron chi connectivity index (χ1n) is 9.93. The minimum atomic E-state index is -0.770. The molecule has 2 aromatic carbocycles. The number of aromatic amines is 1. The number of H-pyrrole nitrogens is 1. The fourth-order valence-electron chi connectivity index (χ4n) is 3.28. The van der Waals surface area contributed by atoms with Gasteiger partial charge in [0.25, 0.3) is 11.5 Å². The summed E-state index contributed by atoms with van der Waals surface area (Å²) in [5.74, 6) is -1.24. The Kier molecular flexibility index (Phi) is 6.39. The summed E-state index contributed by atoms with van der Waals surface area (Å²) in [6.07, 6.45) is 0. The normalized spacial score (nSPS) is 11.0. The standard InChI is InChI=1S/C23H25FN4O3/c1-14(2)12-27(22(30)17-10-9-15(3)18(24)11-17)19-20(25)28(23(31)26-21(19)29)13-16-7-5-4-6-8-16/h4-11,14H,12-13,25H2,1-3H3,(H,26,29,31). The third-order valence-corrected chi connectivity index (χ3v) is 4.88. The molecule has 0 fully saturated rings. The van der Waals surface area contributed by atoms with Gasteiger partial charge in [0.1, 0.15) is 11.6 Å². The Morgan fingerprint density at radius 1 is 1.16 bits per heavy atom. The number of nitrogens with one attached hydrogen (secondary N) is 1. The van der Waals surface area contributed by atoms with Gasteiger partial charge in [-0.05, 0) is 36.1 Å². The number of nitrogens with two attached hydrogens (primary N) is 1. The fourth-order valence-corrected chi connectivity index (χ4v) is 3.28. The van der Waals surface area contributed by atoms with Crippen molar-refractivity contribution in [1.29, 1.82) is 0 Å². The van der Waals surface area contributed by atoms with Crippen LogP contribution >= 0.6 is 0 Å². The minimum absolute atomic E-state index is 0.0208. The summed E-state index contributed by atoms with van der Waals surface area (Å²) in [4.78, 5) is 41.9. The Balaban J connectivity index is 2.13. The molecule has 0 aliphatic carbocycles. The summed E-state index contributed by atoms with van der Waals surface area (Å²) < 4.78 is 15.3. The highest BCUT2D eigenvalue weighted by Gasteiger charge is 2.26. The van der Waals surface area contributed by atoms with Gasteiger partial charge < -0.3 is 10.6 Å². The van der Waals surface area contributed by atoms with Gasteiger partial charge in [0.05, 0.1) is 6.54 Å². The van der Waals surface area contributed by atoms with E-state index in [1.807, 2.05) is 44.2 Å². The lowest BCUT2D eigenvalue weighted by molar-refractivity contribution is 0.0983. The highest BCUT2D eigenvalue weighted by atomic mass is 19.1. The molecule has 0 atom stereocenters. The SMILES string of the molecule is Cc1ccc(C(=O)N(CC(C)C)c2c(N)n(Cc3ccccc3)c(=O)[nH]c2=O)cc1F. The van der Waals surface area contributed by atoms with Gasteiger partial charge in [-0.2, -0.15) is 0 Å². The predicted molar refractivity (Wildman–Crippen MR) is 119 cm³/mol. The van der Waals surface area contributed by atoms with Crippen molar-refractivity contribution in [2.45, 2.75) is 27.3 Å². The third kappa shape index (κ3) is 4.74. The van der Waals surface area contributed by atoms with E-state index in [2.05, 4.69) is 4.98 Å². The number of hydrogen-bond acceptors (Lipinski definition) is 4. The average Bonchev–Trinajstić information content (AvgIpc) is 2.72. The number of carbonyl (C=O) groups excluding carboxylic acids is 1. The number of amides is 1. The van der Waals surface area contributed by atoms with E-state index in [-0.39, 0.29) is 36.1 Å². The maximum Gasteiger partial charge on any atom is 0.330 e. The van der Waals surface area contributed by atoms with Gasteiger partial charge in [-0.1, -0.05) is 50.2 Å². The molecule has 0 bridgehead atoms. The van der Waals surface area contributed by atoms with E-state index in [4.69, 9.17) is 5.73 Å². The predicted octanol–water partition coefficient (Wildman–Crippen LogP) is 2.92. The van der Waals surface area contributed by atoms with E-state index < -0.39 is 23.0 Å². The number of carbonyl (C=O) groups is 1. The third-order valence-electron chi connectivity index (χ3n) is 4.88. The van der Waals surface area contributed by atoms with E-state index >= 15 is 0 Å². The number of rotatable bonds is 6. The monoisotopic (exact) mass is 424 g/mol. The Morgan fingerprint density at radius 2 is 1.84 bits per heavy atom. The highest BCUT2D eigenvalue weighted by molar-refractivity contribution is 6.07. The molecule has 0 radical (unpaired) electrons. The number of nitrogen functional groups attached to an aromatic ring is 1. The molecule has 3 N–H and O–H groups in total. The Hall–Kier alpha value is -3.68. The number of nitrogens with zero attached hydrogens (tertiary/aromatic N) is 2. The van der Waals surface area contributed by atoms with Crippen LogP contribution in [-0.4, -0.2) is 22.0 Å². The highest BCUT2D eigenvalue weighted by Crippen LogP contribution is 2.22. The zero-order valence-corrected chi connectivity index (χ0v) is 17.7. The molecule has 1 aromatic heterocycles. The summed E-state index contributed by atoms with van der Waals surface area (Å²) >= 11 is 0. The maximum atomic E-state index is 14.1. The van der Waals surface area contributed by atoms with Crippen molar-refractivity contribution in [3.8, 4) is 0 Å². The van der Waals surface area contributed by atoms with Crippen LogP contribution in [-0.2, 0) is 6.54 Å². The molecule has 162 valence electrons. The first kappa shape index (κ1) is 22.0. The smallest absolute Gasteiger partial charge is 0.330 e. The molecule has 3 rings (SSSR count). The van der Waals surface area contributed by atoms with E-state index in [1.165, 1.54) is 21.6 Å². The summed E-state index contributed by atoms with van der Waals surface area (Å²) in [5, 5.41) is 0. The zero-order valence-electron chi connectivity index (χ0n) is 17.7. The topological polar surface area (TPSA) is 101 Å². The first-order valence-corrected chi connectivity index (χ1v) is 9.93. The van der Waals surface area contributed by atoms with E-state index in [9.17, 15) is 18.8 Å². The molecule has 0 aliphatic rings. The van der Waals surface area contributed by atoms with E-state index in [0.29, 0.717) is 5.56 Å². The van der Waals surface area contributed by atoms with Crippen LogP contribution in [0.4, 0.5) is 15.9 Å². The van der Waals surface area contributed by atoms with Crippen LogP contribution in [0.25, 0.3) is 0 Å². The second kappa shape index (κ2) is 8.99. The van der Waals surface area contributed by atoms with E-state index in [1.54, 1.807) is 6.92 Å². The van der Waals surface area contributed by atoms with Crippen LogP contribution in [0.5, 0.6) is 0 Å². The van der Waals surface area contributed by atoms with Gasteiger partial charge in [0, 0.05) is 12.1 Å². The number of aryl methyl sites for hydroxylation is 1. The van der Waals surface area contributed by atoms with Crippen molar-refractivity contribution in [2.24, 2.45) is 5.92 Å². The van der Waals surface area contributed by atoms with Gasteiger partial charge in [-0.25, -0.2) is 9.18 Å². The molecule has 0 aliphatic heterocycles. The number of anilines is 2. The summed E-state index contributed by atoms with van der Waals surface area (Å²) in [6, 6.07) is 13.3. The molecular formula is C23H25FN4O3. The molecule has 1 heterocycles. The maximum absolute atomic E-state index is 14.1. The lowest BCUT2D eigenvalue weighted by Crippen LogP contribution is -2.42. The Labute approximate surface area is 178 Å². The first-order chi connectivity index (χ1) is 14.7. The molecule has 31 heavy (non-hydrogen) atoms. The van der Waals surface area contributed by atoms with E-state index in [0.717, 1.165) is 11.6 Å². The zero-order chi connectivity index (χ0) is 22.7. The summed E-state index contributed by atoms with van der Waals surface area (Å²) in [5.41, 5.74) is 5.97. The minimum Gasteiger partial charge on any atom is -0.383 e. The van der Waals surface area contributed by atoms with Crippen molar-refractivity contribution in [2.75, 3.05) is 17.2 Å². The molecule has 0 saturated carbocycles. The van der Waals surface area contributed by atoms with Crippen LogP contribution in [0.15, 0.2) is 58.1 Å². The Morgan fingerprint density at radius 3 is 2.45 bits per heavy atom.